The fraction of sp³-hybridized carbons (Fsp3) is 0.562. The van der Waals surface area contributed by atoms with Gasteiger partial charge in [0.15, 0.2) is 6.10 Å². The largest absolute Gasteiger partial charge is 0.467 e. The number of rotatable bonds is 4. The second-order valence-electron chi connectivity index (χ2n) is 5.72. The summed E-state index contributed by atoms with van der Waals surface area (Å²) in [5, 5.41) is 0. The number of nitrogens with zero attached hydrogens (tertiary/aromatic N) is 2. The van der Waals surface area contributed by atoms with Crippen molar-refractivity contribution in [2.75, 3.05) is 39.2 Å². The van der Waals surface area contributed by atoms with Gasteiger partial charge in [0.25, 0.3) is 0 Å². The van der Waals surface area contributed by atoms with Gasteiger partial charge in [-0.1, -0.05) is 12.1 Å². The first kappa shape index (κ1) is 15.8. The fourth-order valence-corrected chi connectivity index (χ4v) is 2.62. The SMILES string of the molecule is COC(=O)[C@H]1CN(Cc2cccc(N(C)C)c2)C[C@@H](C)O1. The lowest BCUT2D eigenvalue weighted by atomic mass is 10.1. The first-order chi connectivity index (χ1) is 9.99. The highest BCUT2D eigenvalue weighted by atomic mass is 16.6. The number of methoxy groups -OCH3 is 1. The average Bonchev–Trinajstić information content (AvgIpc) is 2.46. The zero-order chi connectivity index (χ0) is 15.4. The molecule has 0 unspecified atom stereocenters. The fourth-order valence-electron chi connectivity index (χ4n) is 2.62. The highest BCUT2D eigenvalue weighted by molar-refractivity contribution is 5.75. The molecule has 1 aliphatic rings. The van der Waals surface area contributed by atoms with Gasteiger partial charge in [-0.15, -0.1) is 0 Å². The van der Waals surface area contributed by atoms with Crippen LogP contribution in [0.3, 0.4) is 0 Å². The van der Waals surface area contributed by atoms with Gasteiger partial charge >= 0.3 is 5.97 Å². The maximum atomic E-state index is 11.7. The van der Waals surface area contributed by atoms with Gasteiger partial charge in [-0.05, 0) is 24.6 Å². The minimum Gasteiger partial charge on any atom is -0.467 e. The maximum absolute atomic E-state index is 11.7. The Bertz CT molecular complexity index is 490. The predicted molar refractivity (Wildman–Crippen MR) is 82.4 cm³/mol. The number of anilines is 1. The molecule has 21 heavy (non-hydrogen) atoms. The van der Waals surface area contributed by atoms with E-state index in [0.717, 1.165) is 13.1 Å². The van der Waals surface area contributed by atoms with E-state index in [1.165, 1.54) is 18.4 Å². The van der Waals surface area contributed by atoms with E-state index in [1.54, 1.807) is 0 Å². The summed E-state index contributed by atoms with van der Waals surface area (Å²) in [7, 11) is 5.46. The molecule has 1 saturated heterocycles. The van der Waals surface area contributed by atoms with E-state index < -0.39 is 6.10 Å². The molecular weight excluding hydrogens is 268 g/mol. The van der Waals surface area contributed by atoms with Crippen LogP contribution in [0.5, 0.6) is 0 Å². The van der Waals surface area contributed by atoms with E-state index in [1.807, 2.05) is 21.0 Å². The van der Waals surface area contributed by atoms with Gasteiger partial charge in [0.05, 0.1) is 13.2 Å². The Morgan fingerprint density at radius 3 is 2.86 bits per heavy atom. The minimum absolute atomic E-state index is 0.0277. The number of carbonyl (C=O) groups excluding carboxylic acids is 1. The molecule has 0 aliphatic carbocycles. The molecule has 0 bridgehead atoms. The lowest BCUT2D eigenvalue weighted by Gasteiger charge is -2.35. The quantitative estimate of drug-likeness (QED) is 0.787. The monoisotopic (exact) mass is 292 g/mol. The molecule has 1 fully saturated rings. The molecule has 1 aromatic carbocycles. The Labute approximate surface area is 126 Å². The van der Waals surface area contributed by atoms with Gasteiger partial charge in [0.1, 0.15) is 0 Å². The van der Waals surface area contributed by atoms with Gasteiger partial charge in [-0.2, -0.15) is 0 Å². The Morgan fingerprint density at radius 2 is 2.19 bits per heavy atom. The predicted octanol–water partition coefficient (Wildman–Crippen LogP) is 1.51. The molecular formula is C16H24N2O3. The van der Waals surface area contributed by atoms with Crippen LogP contribution in [0.2, 0.25) is 0 Å². The van der Waals surface area contributed by atoms with Crippen molar-refractivity contribution in [3.8, 4) is 0 Å². The molecule has 1 heterocycles. The zero-order valence-corrected chi connectivity index (χ0v) is 13.2. The summed E-state index contributed by atoms with van der Waals surface area (Å²) in [4.78, 5) is 16.0. The summed E-state index contributed by atoms with van der Waals surface area (Å²) >= 11 is 0. The van der Waals surface area contributed by atoms with Gasteiger partial charge < -0.3 is 14.4 Å². The highest BCUT2D eigenvalue weighted by Gasteiger charge is 2.30. The van der Waals surface area contributed by atoms with E-state index in [4.69, 9.17) is 9.47 Å². The van der Waals surface area contributed by atoms with Gasteiger partial charge in [0, 0.05) is 39.4 Å². The molecule has 0 amide bonds. The Hall–Kier alpha value is -1.59. The van der Waals surface area contributed by atoms with E-state index >= 15 is 0 Å². The van der Waals surface area contributed by atoms with Crippen molar-refractivity contribution in [3.63, 3.8) is 0 Å². The third-order valence-electron chi connectivity index (χ3n) is 3.63. The smallest absolute Gasteiger partial charge is 0.336 e. The maximum Gasteiger partial charge on any atom is 0.336 e. The van der Waals surface area contributed by atoms with Crippen molar-refractivity contribution >= 4 is 11.7 Å². The molecule has 0 N–H and O–H groups in total. The van der Waals surface area contributed by atoms with Crippen LogP contribution in [0.4, 0.5) is 5.69 Å². The van der Waals surface area contributed by atoms with Crippen LogP contribution < -0.4 is 4.90 Å². The Kier molecular flexibility index (Phi) is 5.20. The third-order valence-corrected chi connectivity index (χ3v) is 3.63. The molecule has 5 nitrogen and oxygen atoms in total. The lowest BCUT2D eigenvalue weighted by molar-refractivity contribution is -0.166. The Morgan fingerprint density at radius 1 is 1.43 bits per heavy atom. The molecule has 1 aromatic rings. The molecule has 0 radical (unpaired) electrons. The topological polar surface area (TPSA) is 42.0 Å². The van der Waals surface area contributed by atoms with Crippen LogP contribution in [-0.4, -0.2) is 57.4 Å². The number of ether oxygens (including phenoxy) is 2. The van der Waals surface area contributed by atoms with Gasteiger partial charge in [-0.3, -0.25) is 4.90 Å². The van der Waals surface area contributed by atoms with Crippen LogP contribution in [0.15, 0.2) is 24.3 Å². The summed E-state index contributed by atoms with van der Waals surface area (Å²) in [6.45, 7) is 4.18. The molecule has 2 rings (SSSR count). The van der Waals surface area contributed by atoms with Crippen LogP contribution in [0.25, 0.3) is 0 Å². The van der Waals surface area contributed by atoms with E-state index in [-0.39, 0.29) is 12.1 Å². The normalized spacial score (nSPS) is 22.9. The van der Waals surface area contributed by atoms with Gasteiger partial charge in [0.2, 0.25) is 0 Å². The summed E-state index contributed by atoms with van der Waals surface area (Å²) in [5.74, 6) is -0.298. The average molecular weight is 292 g/mol. The number of hydrogen-bond donors (Lipinski definition) is 0. The first-order valence-corrected chi connectivity index (χ1v) is 7.21. The van der Waals surface area contributed by atoms with E-state index in [0.29, 0.717) is 6.54 Å². The molecule has 0 spiro atoms. The van der Waals surface area contributed by atoms with E-state index in [9.17, 15) is 4.79 Å². The molecule has 1 aliphatic heterocycles. The molecule has 116 valence electrons. The minimum atomic E-state index is -0.490. The van der Waals surface area contributed by atoms with Crippen molar-refractivity contribution in [1.29, 1.82) is 0 Å². The second-order valence-corrected chi connectivity index (χ2v) is 5.72. The zero-order valence-electron chi connectivity index (χ0n) is 13.2. The molecule has 5 heteroatoms. The summed E-state index contributed by atoms with van der Waals surface area (Å²) in [5.41, 5.74) is 2.41. The molecule has 0 saturated carbocycles. The number of carbonyl (C=O) groups is 1. The van der Waals surface area contributed by atoms with E-state index in [2.05, 4.69) is 34.1 Å². The lowest BCUT2D eigenvalue weighted by Crippen LogP contribution is -2.49. The van der Waals surface area contributed by atoms with Crippen LogP contribution in [0, 0.1) is 0 Å². The van der Waals surface area contributed by atoms with Crippen molar-refractivity contribution in [2.24, 2.45) is 0 Å². The standard InChI is InChI=1S/C16H24N2O3/c1-12-9-18(11-15(21-12)16(19)20-4)10-13-6-5-7-14(8-13)17(2)3/h5-8,12,15H,9-11H2,1-4H3/t12-,15-/m1/s1. The van der Waals surface area contributed by atoms with Crippen LogP contribution in [0.1, 0.15) is 12.5 Å². The third kappa shape index (κ3) is 4.19. The number of esters is 1. The van der Waals surface area contributed by atoms with Crippen molar-refractivity contribution in [2.45, 2.75) is 25.7 Å². The summed E-state index contributed by atoms with van der Waals surface area (Å²) < 4.78 is 10.4. The first-order valence-electron chi connectivity index (χ1n) is 7.21. The van der Waals surface area contributed by atoms with Gasteiger partial charge in [-0.25, -0.2) is 4.79 Å². The molecule has 2 atom stereocenters. The van der Waals surface area contributed by atoms with Crippen LogP contribution >= 0.6 is 0 Å². The van der Waals surface area contributed by atoms with Crippen molar-refractivity contribution in [1.82, 2.24) is 4.90 Å². The van der Waals surface area contributed by atoms with Crippen molar-refractivity contribution in [3.05, 3.63) is 29.8 Å². The van der Waals surface area contributed by atoms with Crippen molar-refractivity contribution < 1.29 is 14.3 Å². The Balaban J connectivity index is 2.04. The number of benzene rings is 1. The molecule has 0 aromatic heterocycles. The summed E-state index contributed by atoms with van der Waals surface area (Å²) in [6.07, 6.45) is -0.462. The number of morpholine rings is 1. The second kappa shape index (κ2) is 6.91. The number of hydrogen-bond acceptors (Lipinski definition) is 5. The summed E-state index contributed by atoms with van der Waals surface area (Å²) in [6, 6.07) is 8.43. The highest BCUT2D eigenvalue weighted by Crippen LogP contribution is 2.18. The van der Waals surface area contributed by atoms with Crippen LogP contribution in [-0.2, 0) is 20.8 Å².